The molecule has 0 aliphatic rings. The van der Waals surface area contributed by atoms with Crippen LogP contribution < -0.4 is 16.4 Å². The SMILES string of the molecule is Cc1nc(-c2ccsc2)sc1C(=O)NCc1ccc(NC(N)=O)cc1. The predicted molar refractivity (Wildman–Crippen MR) is 101 cm³/mol. The van der Waals surface area contributed by atoms with E-state index < -0.39 is 6.03 Å². The van der Waals surface area contributed by atoms with E-state index >= 15 is 0 Å². The maximum atomic E-state index is 12.4. The summed E-state index contributed by atoms with van der Waals surface area (Å²) in [5.74, 6) is -0.143. The van der Waals surface area contributed by atoms with Crippen LogP contribution in [0.3, 0.4) is 0 Å². The van der Waals surface area contributed by atoms with Crippen molar-refractivity contribution in [1.82, 2.24) is 10.3 Å². The molecule has 2 heterocycles. The summed E-state index contributed by atoms with van der Waals surface area (Å²) in [5, 5.41) is 10.2. The monoisotopic (exact) mass is 372 g/mol. The molecule has 6 nitrogen and oxygen atoms in total. The Bertz CT molecular complexity index is 886. The van der Waals surface area contributed by atoms with Gasteiger partial charge in [-0.15, -0.1) is 11.3 Å². The molecule has 25 heavy (non-hydrogen) atoms. The summed E-state index contributed by atoms with van der Waals surface area (Å²) >= 11 is 2.99. The van der Waals surface area contributed by atoms with Crippen LogP contribution in [0.25, 0.3) is 10.6 Å². The molecule has 0 bridgehead atoms. The van der Waals surface area contributed by atoms with Crippen molar-refractivity contribution < 1.29 is 9.59 Å². The quantitative estimate of drug-likeness (QED) is 0.638. The Morgan fingerprint density at radius 1 is 1.20 bits per heavy atom. The van der Waals surface area contributed by atoms with E-state index in [0.717, 1.165) is 21.8 Å². The molecule has 2 aromatic heterocycles. The van der Waals surface area contributed by atoms with Gasteiger partial charge in [0.05, 0.1) is 5.69 Å². The minimum absolute atomic E-state index is 0.143. The van der Waals surface area contributed by atoms with Gasteiger partial charge < -0.3 is 16.4 Å². The molecule has 3 aromatic rings. The lowest BCUT2D eigenvalue weighted by atomic mass is 10.2. The molecule has 0 saturated heterocycles. The topological polar surface area (TPSA) is 97.1 Å². The molecule has 3 rings (SSSR count). The molecule has 0 spiro atoms. The molecule has 0 saturated carbocycles. The third-order valence-corrected chi connectivity index (χ3v) is 5.33. The van der Waals surface area contributed by atoms with Gasteiger partial charge in [0.1, 0.15) is 9.88 Å². The number of thiazole rings is 1. The fourth-order valence-electron chi connectivity index (χ4n) is 2.23. The average molecular weight is 372 g/mol. The van der Waals surface area contributed by atoms with Crippen molar-refractivity contribution in [2.45, 2.75) is 13.5 Å². The van der Waals surface area contributed by atoms with E-state index in [-0.39, 0.29) is 5.91 Å². The molecule has 0 fully saturated rings. The molecule has 0 atom stereocenters. The number of aromatic nitrogens is 1. The number of anilines is 1. The van der Waals surface area contributed by atoms with Gasteiger partial charge >= 0.3 is 6.03 Å². The van der Waals surface area contributed by atoms with Gasteiger partial charge in [-0.2, -0.15) is 11.3 Å². The zero-order valence-corrected chi connectivity index (χ0v) is 15.0. The van der Waals surface area contributed by atoms with Crippen molar-refractivity contribution in [2.75, 3.05) is 5.32 Å². The van der Waals surface area contributed by atoms with Crippen molar-refractivity contribution in [3.05, 3.63) is 57.2 Å². The average Bonchev–Trinajstić information content (AvgIpc) is 3.23. The van der Waals surface area contributed by atoms with Gasteiger partial charge in [0.15, 0.2) is 0 Å². The first-order chi connectivity index (χ1) is 12.0. The molecule has 0 aliphatic heterocycles. The van der Waals surface area contributed by atoms with Crippen LogP contribution >= 0.6 is 22.7 Å². The Balaban J connectivity index is 1.64. The molecule has 0 unspecified atom stereocenters. The summed E-state index contributed by atoms with van der Waals surface area (Å²) in [6.45, 7) is 2.23. The highest BCUT2D eigenvalue weighted by molar-refractivity contribution is 7.17. The Kier molecular flexibility index (Phi) is 5.11. The van der Waals surface area contributed by atoms with Crippen LogP contribution in [0.1, 0.15) is 20.9 Å². The normalized spacial score (nSPS) is 10.4. The second-order valence-corrected chi connectivity index (χ2v) is 7.09. The van der Waals surface area contributed by atoms with Crippen LogP contribution in [0.2, 0.25) is 0 Å². The van der Waals surface area contributed by atoms with Crippen molar-refractivity contribution in [3.8, 4) is 10.6 Å². The maximum Gasteiger partial charge on any atom is 0.316 e. The second kappa shape index (κ2) is 7.45. The molecule has 128 valence electrons. The first-order valence-corrected chi connectivity index (χ1v) is 9.22. The first-order valence-electron chi connectivity index (χ1n) is 7.46. The molecule has 4 N–H and O–H groups in total. The highest BCUT2D eigenvalue weighted by Crippen LogP contribution is 2.29. The van der Waals surface area contributed by atoms with Gasteiger partial charge in [0.2, 0.25) is 0 Å². The number of urea groups is 1. The standard InChI is InChI=1S/C17H16N4O2S2/c1-10-14(25-16(20-10)12-6-7-24-9-12)15(22)19-8-11-2-4-13(5-3-11)21-17(18)23/h2-7,9H,8H2,1H3,(H,19,22)(H3,18,21,23). The van der Waals surface area contributed by atoms with E-state index in [0.29, 0.717) is 17.1 Å². The number of benzene rings is 1. The Hall–Kier alpha value is -2.71. The number of aryl methyl sites for hydroxylation is 1. The number of carbonyl (C=O) groups excluding carboxylic acids is 2. The van der Waals surface area contributed by atoms with Crippen LogP contribution in [0.15, 0.2) is 41.1 Å². The number of nitrogens with two attached hydrogens (primary N) is 1. The highest BCUT2D eigenvalue weighted by atomic mass is 32.1. The molecule has 0 aliphatic carbocycles. The van der Waals surface area contributed by atoms with Crippen molar-refractivity contribution in [2.24, 2.45) is 5.73 Å². The number of rotatable bonds is 5. The number of primary amides is 1. The van der Waals surface area contributed by atoms with Crippen molar-refractivity contribution >= 4 is 40.3 Å². The van der Waals surface area contributed by atoms with E-state index in [2.05, 4.69) is 15.6 Å². The minimum atomic E-state index is -0.608. The van der Waals surface area contributed by atoms with E-state index in [1.807, 2.05) is 35.9 Å². The van der Waals surface area contributed by atoms with E-state index in [9.17, 15) is 9.59 Å². The lowest BCUT2D eigenvalue weighted by molar-refractivity contribution is 0.0954. The van der Waals surface area contributed by atoms with E-state index in [1.54, 1.807) is 23.5 Å². The van der Waals surface area contributed by atoms with Crippen LogP contribution in [0.5, 0.6) is 0 Å². The molecule has 1 aromatic carbocycles. The smallest absolute Gasteiger partial charge is 0.316 e. The highest BCUT2D eigenvalue weighted by Gasteiger charge is 2.16. The van der Waals surface area contributed by atoms with Crippen molar-refractivity contribution in [3.63, 3.8) is 0 Å². The third-order valence-electron chi connectivity index (χ3n) is 3.45. The van der Waals surface area contributed by atoms with Crippen LogP contribution in [-0.2, 0) is 6.54 Å². The van der Waals surface area contributed by atoms with Gasteiger partial charge in [-0.3, -0.25) is 4.79 Å². The number of hydrogen-bond acceptors (Lipinski definition) is 5. The van der Waals surface area contributed by atoms with Crippen LogP contribution in [-0.4, -0.2) is 16.9 Å². The summed E-state index contributed by atoms with van der Waals surface area (Å²) in [7, 11) is 0. The number of carbonyl (C=O) groups is 2. The van der Waals surface area contributed by atoms with E-state index in [1.165, 1.54) is 11.3 Å². The number of amides is 3. The summed E-state index contributed by atoms with van der Waals surface area (Å²) < 4.78 is 0. The predicted octanol–water partition coefficient (Wildman–Crippen LogP) is 3.60. The molecular weight excluding hydrogens is 356 g/mol. The first kappa shape index (κ1) is 17.1. The second-order valence-electron chi connectivity index (χ2n) is 5.31. The zero-order chi connectivity index (χ0) is 17.8. The lowest BCUT2D eigenvalue weighted by Crippen LogP contribution is -2.22. The number of nitrogens with zero attached hydrogens (tertiary/aromatic N) is 1. The largest absolute Gasteiger partial charge is 0.351 e. The Morgan fingerprint density at radius 2 is 1.96 bits per heavy atom. The van der Waals surface area contributed by atoms with Gasteiger partial charge in [0.25, 0.3) is 5.91 Å². The summed E-state index contributed by atoms with van der Waals surface area (Å²) in [5.41, 5.74) is 8.36. The molecular formula is C17H16N4O2S2. The van der Waals surface area contributed by atoms with Crippen LogP contribution in [0.4, 0.5) is 10.5 Å². The summed E-state index contributed by atoms with van der Waals surface area (Å²) in [4.78, 5) is 28.3. The minimum Gasteiger partial charge on any atom is -0.351 e. The van der Waals surface area contributed by atoms with Gasteiger partial charge in [-0.05, 0) is 36.1 Å². The Labute approximate surface area is 152 Å². The summed E-state index contributed by atoms with van der Waals surface area (Å²) in [6.07, 6.45) is 0. The fourth-order valence-corrected chi connectivity index (χ4v) is 3.92. The maximum absolute atomic E-state index is 12.4. The van der Waals surface area contributed by atoms with Gasteiger partial charge in [-0.25, -0.2) is 9.78 Å². The van der Waals surface area contributed by atoms with Crippen LogP contribution in [0, 0.1) is 6.92 Å². The Morgan fingerprint density at radius 3 is 2.60 bits per heavy atom. The van der Waals surface area contributed by atoms with Crippen molar-refractivity contribution in [1.29, 1.82) is 0 Å². The zero-order valence-electron chi connectivity index (χ0n) is 13.4. The van der Waals surface area contributed by atoms with Gasteiger partial charge in [0, 0.05) is 23.2 Å². The fraction of sp³-hybridized carbons (Fsp3) is 0.118. The molecule has 0 radical (unpaired) electrons. The molecule has 8 heteroatoms. The number of nitrogens with one attached hydrogen (secondary N) is 2. The third kappa shape index (κ3) is 4.23. The number of thiophene rings is 1. The molecule has 3 amide bonds. The lowest BCUT2D eigenvalue weighted by Gasteiger charge is -2.06. The van der Waals surface area contributed by atoms with Gasteiger partial charge in [-0.1, -0.05) is 12.1 Å². The summed E-state index contributed by atoms with van der Waals surface area (Å²) in [6, 6.07) is 8.50. The number of hydrogen-bond donors (Lipinski definition) is 3. The van der Waals surface area contributed by atoms with E-state index in [4.69, 9.17) is 5.73 Å².